The molecule has 3 aliphatic heterocycles. The molecule has 9 heteroatoms. The van der Waals surface area contributed by atoms with Gasteiger partial charge in [0.15, 0.2) is 0 Å². The van der Waals surface area contributed by atoms with E-state index in [9.17, 15) is 24.3 Å². The highest BCUT2D eigenvalue weighted by Crippen LogP contribution is 2.75. The van der Waals surface area contributed by atoms with E-state index in [4.69, 9.17) is 18.9 Å². The molecular formula is C27H32O9. The molecule has 3 fully saturated rings. The molecule has 36 heavy (non-hydrogen) atoms. The third-order valence-electron chi connectivity index (χ3n) is 9.80. The number of carbonyl (C=O) groups is 4. The summed E-state index contributed by atoms with van der Waals surface area (Å²) in [5, 5.41) is 12.0. The van der Waals surface area contributed by atoms with Crippen molar-refractivity contribution in [3.05, 3.63) is 35.5 Å². The summed E-state index contributed by atoms with van der Waals surface area (Å²) in [4.78, 5) is 51.8. The molecule has 5 rings (SSSR count). The lowest BCUT2D eigenvalue weighted by Gasteiger charge is -2.67. The highest BCUT2D eigenvalue weighted by atomic mass is 16.6. The first-order valence-electron chi connectivity index (χ1n) is 12.1. The number of carbonyl (C=O) groups excluding carboxylic acids is 4. The summed E-state index contributed by atoms with van der Waals surface area (Å²) in [6.07, 6.45) is 1.18. The Hall–Kier alpha value is -2.94. The Morgan fingerprint density at radius 1 is 1.14 bits per heavy atom. The third kappa shape index (κ3) is 2.32. The minimum absolute atomic E-state index is 0.0388. The van der Waals surface area contributed by atoms with Crippen molar-refractivity contribution in [2.24, 2.45) is 16.2 Å². The molecule has 2 spiro atoms. The lowest BCUT2D eigenvalue weighted by atomic mass is 9.38. The van der Waals surface area contributed by atoms with Gasteiger partial charge in [0, 0.05) is 24.8 Å². The van der Waals surface area contributed by atoms with Gasteiger partial charge < -0.3 is 24.1 Å². The minimum atomic E-state index is -2.34. The molecule has 1 N–H and O–H groups in total. The molecule has 9 nitrogen and oxygen atoms in total. The average molecular weight is 501 g/mol. The maximum atomic E-state index is 13.8. The Balaban J connectivity index is 1.90. The summed E-state index contributed by atoms with van der Waals surface area (Å²) in [6, 6.07) is 0. The van der Waals surface area contributed by atoms with Gasteiger partial charge in [-0.3, -0.25) is 9.59 Å². The van der Waals surface area contributed by atoms with Crippen LogP contribution < -0.4 is 0 Å². The zero-order chi connectivity index (χ0) is 26.9. The van der Waals surface area contributed by atoms with Gasteiger partial charge in [0.1, 0.15) is 28.8 Å². The van der Waals surface area contributed by atoms with Gasteiger partial charge in [0.2, 0.25) is 5.60 Å². The Bertz CT molecular complexity index is 1230. The van der Waals surface area contributed by atoms with Gasteiger partial charge >= 0.3 is 23.9 Å². The van der Waals surface area contributed by atoms with Crippen LogP contribution in [0.4, 0.5) is 0 Å². The number of cyclic esters (lactones) is 2. The lowest BCUT2D eigenvalue weighted by Crippen LogP contribution is -2.76. The second-order valence-corrected chi connectivity index (χ2v) is 11.7. The molecule has 0 amide bonds. The van der Waals surface area contributed by atoms with Crippen molar-refractivity contribution >= 4 is 23.9 Å². The van der Waals surface area contributed by atoms with Crippen LogP contribution in [0.5, 0.6) is 0 Å². The quantitative estimate of drug-likeness (QED) is 0.328. The van der Waals surface area contributed by atoms with E-state index in [0.29, 0.717) is 5.57 Å². The number of hydrogen-bond acceptors (Lipinski definition) is 9. The summed E-state index contributed by atoms with van der Waals surface area (Å²) in [7, 11) is 0. The van der Waals surface area contributed by atoms with E-state index >= 15 is 0 Å². The molecule has 2 saturated heterocycles. The van der Waals surface area contributed by atoms with Gasteiger partial charge in [0.25, 0.3) is 0 Å². The van der Waals surface area contributed by atoms with E-state index in [-0.39, 0.29) is 18.4 Å². The van der Waals surface area contributed by atoms with Crippen molar-refractivity contribution in [3.63, 3.8) is 0 Å². The normalized spacial score (nSPS) is 46.6. The van der Waals surface area contributed by atoms with Gasteiger partial charge in [0.05, 0.1) is 5.41 Å². The first kappa shape index (κ1) is 24.7. The van der Waals surface area contributed by atoms with Crippen molar-refractivity contribution in [2.45, 2.75) is 90.3 Å². The van der Waals surface area contributed by atoms with Crippen LogP contribution in [-0.2, 0) is 38.1 Å². The number of ether oxygens (including phenoxy) is 4. The van der Waals surface area contributed by atoms with Crippen LogP contribution in [0.1, 0.15) is 61.3 Å². The SMILES string of the molecule is C=C1C23C(=O)O[C@@H](C)[C@]2(O)C(=O)O[C@@]1(C)CC1=C(C)[C@@]2(C=CC(=O)OC2(C)C)[C@@H](OC(C)=O)C[C@]13C. The fourth-order valence-electron chi connectivity index (χ4n) is 8.11. The van der Waals surface area contributed by atoms with Crippen LogP contribution in [-0.4, -0.2) is 58.0 Å². The summed E-state index contributed by atoms with van der Waals surface area (Å²) in [6.45, 7) is 15.8. The van der Waals surface area contributed by atoms with E-state index in [1.54, 1.807) is 33.8 Å². The van der Waals surface area contributed by atoms with Gasteiger partial charge in [-0.05, 0) is 46.6 Å². The first-order chi connectivity index (χ1) is 16.5. The highest BCUT2D eigenvalue weighted by molar-refractivity contribution is 6.01. The number of rotatable bonds is 1. The van der Waals surface area contributed by atoms with Crippen LogP contribution in [0.25, 0.3) is 0 Å². The third-order valence-corrected chi connectivity index (χ3v) is 9.80. The minimum Gasteiger partial charge on any atom is -0.461 e. The molecule has 0 radical (unpaired) electrons. The van der Waals surface area contributed by atoms with Gasteiger partial charge in [-0.2, -0.15) is 0 Å². The van der Waals surface area contributed by atoms with E-state index in [1.807, 2.05) is 6.92 Å². The van der Waals surface area contributed by atoms with Crippen LogP contribution in [0.2, 0.25) is 0 Å². The van der Waals surface area contributed by atoms with Gasteiger partial charge in [-0.25, -0.2) is 9.59 Å². The maximum absolute atomic E-state index is 13.8. The van der Waals surface area contributed by atoms with Crippen LogP contribution >= 0.6 is 0 Å². The summed E-state index contributed by atoms with van der Waals surface area (Å²) >= 11 is 0. The zero-order valence-corrected chi connectivity index (χ0v) is 21.6. The largest absolute Gasteiger partial charge is 0.461 e. The molecule has 1 saturated carbocycles. The summed E-state index contributed by atoms with van der Waals surface area (Å²) < 4.78 is 23.1. The fourth-order valence-corrected chi connectivity index (χ4v) is 8.11. The number of hydrogen-bond donors (Lipinski definition) is 1. The average Bonchev–Trinajstić information content (AvgIpc) is 2.94. The molecule has 7 atom stereocenters. The predicted octanol–water partition coefficient (Wildman–Crippen LogP) is 2.46. The standard InChI is InChI=1S/C27H32O9/c1-13-17-11-24(8)14(2)26(20(30)33-15(3)27(26,32)21(31)36-24)23(17,7)12-18(34-16(4)28)25(13)10-9-19(29)35-22(25,5)6/h9-10,15,18,32H,2,11-12H2,1,3-8H3/t15-,18-,23+,24-,25-,26?,27-/m0/s1. The topological polar surface area (TPSA) is 125 Å². The molecule has 3 heterocycles. The summed E-state index contributed by atoms with van der Waals surface area (Å²) in [5.41, 5.74) is -7.23. The van der Waals surface area contributed by atoms with Crippen molar-refractivity contribution in [3.8, 4) is 0 Å². The summed E-state index contributed by atoms with van der Waals surface area (Å²) in [5.74, 6) is -2.78. The van der Waals surface area contributed by atoms with E-state index < -0.39 is 69.1 Å². The molecule has 0 aromatic rings. The van der Waals surface area contributed by atoms with Crippen LogP contribution in [0.15, 0.2) is 35.5 Å². The van der Waals surface area contributed by atoms with Crippen molar-refractivity contribution in [2.75, 3.05) is 0 Å². The lowest BCUT2D eigenvalue weighted by molar-refractivity contribution is -0.233. The highest BCUT2D eigenvalue weighted by Gasteiger charge is 2.86. The zero-order valence-electron chi connectivity index (χ0n) is 21.6. The Labute approximate surface area is 209 Å². The maximum Gasteiger partial charge on any atom is 0.344 e. The van der Waals surface area contributed by atoms with Crippen molar-refractivity contribution in [1.29, 1.82) is 0 Å². The van der Waals surface area contributed by atoms with Crippen molar-refractivity contribution in [1.82, 2.24) is 0 Å². The van der Waals surface area contributed by atoms with Crippen molar-refractivity contribution < 1.29 is 43.2 Å². The van der Waals surface area contributed by atoms with Crippen LogP contribution in [0.3, 0.4) is 0 Å². The smallest absolute Gasteiger partial charge is 0.344 e. The van der Waals surface area contributed by atoms with E-state index in [1.165, 1.54) is 19.9 Å². The van der Waals surface area contributed by atoms with Crippen LogP contribution in [0, 0.1) is 16.2 Å². The second-order valence-electron chi connectivity index (χ2n) is 11.7. The first-order valence-corrected chi connectivity index (χ1v) is 12.1. The molecule has 194 valence electrons. The predicted molar refractivity (Wildman–Crippen MR) is 124 cm³/mol. The van der Waals surface area contributed by atoms with Gasteiger partial charge in [-0.1, -0.05) is 30.7 Å². The number of esters is 4. The van der Waals surface area contributed by atoms with E-state index in [0.717, 1.165) is 5.57 Å². The fraction of sp³-hybridized carbons (Fsp3) is 0.630. The molecule has 1 unspecified atom stereocenters. The molecule has 2 aliphatic carbocycles. The molecular weight excluding hydrogens is 468 g/mol. The number of fused-ring (bicyclic) bond motifs is 2. The second kappa shape index (κ2) is 6.68. The molecule has 2 bridgehead atoms. The Morgan fingerprint density at radius 2 is 1.78 bits per heavy atom. The van der Waals surface area contributed by atoms with E-state index in [2.05, 4.69) is 6.58 Å². The Kier molecular flexibility index (Phi) is 4.59. The molecule has 5 aliphatic rings. The molecule has 0 aromatic heterocycles. The van der Waals surface area contributed by atoms with Gasteiger partial charge in [-0.15, -0.1) is 0 Å². The molecule has 0 aromatic carbocycles. The Morgan fingerprint density at radius 3 is 2.36 bits per heavy atom. The monoisotopic (exact) mass is 500 g/mol. The number of aliphatic hydroxyl groups is 1.